The minimum Gasteiger partial charge on any atom is -0.461 e. The zero-order valence-corrected chi connectivity index (χ0v) is 28.9. The molecule has 51 heavy (non-hydrogen) atoms. The fraction of sp³-hybridized carbons (Fsp3) is 0.486. The number of hydrogen-bond donors (Lipinski definition) is 1. The summed E-state index contributed by atoms with van der Waals surface area (Å²) in [5.41, 5.74) is 1.84. The average Bonchev–Trinajstić information content (AvgIpc) is 3.81. The van der Waals surface area contributed by atoms with E-state index in [-0.39, 0.29) is 94.5 Å². The number of alkyl halides is 4. The molecule has 3 fully saturated rings. The molecule has 3 unspecified atom stereocenters. The van der Waals surface area contributed by atoms with E-state index in [0.717, 1.165) is 24.6 Å². The van der Waals surface area contributed by atoms with Gasteiger partial charge < -0.3 is 20.3 Å². The molecule has 0 radical (unpaired) electrons. The predicted octanol–water partition coefficient (Wildman–Crippen LogP) is 7.05. The smallest absolute Gasteiger partial charge is 0.417 e. The van der Waals surface area contributed by atoms with Gasteiger partial charge in [0.25, 0.3) is 0 Å². The van der Waals surface area contributed by atoms with Crippen molar-refractivity contribution in [3.8, 4) is 23.2 Å². The summed E-state index contributed by atoms with van der Waals surface area (Å²) < 4.78 is 97.8. The fourth-order valence-electron chi connectivity index (χ4n) is 8.12. The highest BCUT2D eigenvalue weighted by Crippen LogP contribution is 2.48. The molecule has 16 heteroatoms. The van der Waals surface area contributed by atoms with E-state index in [4.69, 9.17) is 10.5 Å². The van der Waals surface area contributed by atoms with E-state index in [0.29, 0.717) is 24.3 Å². The summed E-state index contributed by atoms with van der Waals surface area (Å²) in [6.07, 6.45) is -4.42. The molecule has 1 amide bonds. The number of halogens is 6. The van der Waals surface area contributed by atoms with Crippen LogP contribution in [-0.4, -0.2) is 82.3 Å². The SMILES string of the molecule is CCN(c1nc(OCC23CCCN2CC(F)C3)nc2c(F)c(-c3ccc(F)c4sc(N)c(C#N)c34)c(C(F)(F)F)cc12)C1CC(=O)N(C(C)C)C1. The van der Waals surface area contributed by atoms with E-state index in [1.807, 2.05) is 24.8 Å². The largest absolute Gasteiger partial charge is 0.461 e. The molecular weight excluding hydrogens is 696 g/mol. The van der Waals surface area contributed by atoms with Gasteiger partial charge in [-0.2, -0.15) is 28.4 Å². The Balaban J connectivity index is 1.46. The molecule has 3 aliphatic rings. The quantitative estimate of drug-likeness (QED) is 0.192. The molecule has 3 saturated heterocycles. The summed E-state index contributed by atoms with van der Waals surface area (Å²) in [6.45, 7) is 6.83. The number of likely N-dealkylation sites (tertiary alicyclic amines) is 1. The van der Waals surface area contributed by atoms with Gasteiger partial charge in [-0.25, -0.2) is 13.2 Å². The Morgan fingerprint density at radius 2 is 2.00 bits per heavy atom. The highest BCUT2D eigenvalue weighted by atomic mass is 32.1. The van der Waals surface area contributed by atoms with Gasteiger partial charge in [0.1, 0.15) is 41.0 Å². The van der Waals surface area contributed by atoms with Crippen LogP contribution in [0.1, 0.15) is 57.6 Å². The Morgan fingerprint density at radius 3 is 2.67 bits per heavy atom. The van der Waals surface area contributed by atoms with Gasteiger partial charge in [-0.15, -0.1) is 11.3 Å². The highest BCUT2D eigenvalue weighted by Gasteiger charge is 2.49. The number of carbonyl (C=O) groups excluding carboxylic acids is 1. The number of benzene rings is 2. The van der Waals surface area contributed by atoms with Crippen molar-refractivity contribution in [1.29, 1.82) is 5.26 Å². The summed E-state index contributed by atoms with van der Waals surface area (Å²) in [5, 5.41) is 9.20. The lowest BCUT2D eigenvalue weighted by molar-refractivity contribution is -0.137. The van der Waals surface area contributed by atoms with Crippen LogP contribution in [0.5, 0.6) is 6.01 Å². The van der Waals surface area contributed by atoms with Gasteiger partial charge in [-0.05, 0) is 57.9 Å². The van der Waals surface area contributed by atoms with Crippen molar-refractivity contribution in [3.63, 3.8) is 0 Å². The van der Waals surface area contributed by atoms with Crippen molar-refractivity contribution in [2.24, 2.45) is 0 Å². The zero-order valence-electron chi connectivity index (χ0n) is 28.1. The van der Waals surface area contributed by atoms with Crippen LogP contribution in [0.4, 0.5) is 37.2 Å². The molecule has 9 nitrogen and oxygen atoms in total. The number of hydrogen-bond acceptors (Lipinski definition) is 9. The second-order valence-electron chi connectivity index (χ2n) is 13.7. The standard InChI is InChI=1S/C35H35F6N7O2S/c1-4-47(19-10-25(49)48(15-19)17(2)3)32-21-11-23(35(39,40)41)27(20-6-7-24(37)30-26(20)22(13-42)31(43)51-30)28(38)29(21)44-33(45-32)50-16-34-8-5-9-46(34)14-18(36)12-34/h6-7,11,17-19H,4-5,8-10,12,14-16,43H2,1-3H3. The summed E-state index contributed by atoms with van der Waals surface area (Å²) in [7, 11) is 0. The number of thiophene rings is 1. The first-order chi connectivity index (χ1) is 24.2. The van der Waals surface area contributed by atoms with Crippen molar-refractivity contribution in [1.82, 2.24) is 19.8 Å². The molecule has 2 N–H and O–H groups in total. The molecule has 7 rings (SSSR count). The summed E-state index contributed by atoms with van der Waals surface area (Å²) in [6, 6.07) is 3.51. The van der Waals surface area contributed by atoms with Crippen LogP contribution in [0.3, 0.4) is 0 Å². The maximum atomic E-state index is 17.2. The van der Waals surface area contributed by atoms with Crippen LogP contribution in [0.25, 0.3) is 32.1 Å². The topological polar surface area (TPSA) is 112 Å². The third-order valence-corrected chi connectivity index (χ3v) is 11.5. The van der Waals surface area contributed by atoms with E-state index in [2.05, 4.69) is 9.97 Å². The molecule has 0 bridgehead atoms. The monoisotopic (exact) mass is 731 g/mol. The Morgan fingerprint density at radius 1 is 1.24 bits per heavy atom. The number of amides is 1. The lowest BCUT2D eigenvalue weighted by Crippen LogP contribution is -2.43. The number of nitrogens with two attached hydrogens (primary N) is 1. The second-order valence-corrected chi connectivity index (χ2v) is 14.8. The Kier molecular flexibility index (Phi) is 8.73. The van der Waals surface area contributed by atoms with E-state index in [9.17, 15) is 18.8 Å². The van der Waals surface area contributed by atoms with Crippen molar-refractivity contribution in [3.05, 3.63) is 41.0 Å². The minimum absolute atomic E-state index is 0.0268. The number of nitrogens with zero attached hydrogens (tertiary/aromatic N) is 6. The first-order valence-electron chi connectivity index (χ1n) is 16.8. The van der Waals surface area contributed by atoms with Crippen molar-refractivity contribution < 1.29 is 35.9 Å². The van der Waals surface area contributed by atoms with Gasteiger partial charge in [-0.1, -0.05) is 6.07 Å². The van der Waals surface area contributed by atoms with Crippen LogP contribution in [0.2, 0.25) is 0 Å². The third-order valence-electron chi connectivity index (χ3n) is 10.4. The molecule has 3 aliphatic heterocycles. The molecule has 0 saturated carbocycles. The molecule has 270 valence electrons. The van der Waals surface area contributed by atoms with Gasteiger partial charge in [0.15, 0.2) is 5.82 Å². The summed E-state index contributed by atoms with van der Waals surface area (Å²) >= 11 is 0.678. The molecule has 5 heterocycles. The van der Waals surface area contributed by atoms with Crippen molar-refractivity contribution in [2.75, 3.05) is 43.4 Å². The number of aromatic nitrogens is 2. The molecule has 2 aromatic carbocycles. The molecule has 2 aromatic heterocycles. The Bertz CT molecular complexity index is 2100. The summed E-state index contributed by atoms with van der Waals surface area (Å²) in [5.74, 6) is -2.42. The molecular formula is C35H35F6N7O2S. The fourth-order valence-corrected chi connectivity index (χ4v) is 9.07. The normalized spacial score (nSPS) is 22.5. The van der Waals surface area contributed by atoms with Crippen molar-refractivity contribution >= 4 is 49.1 Å². The predicted molar refractivity (Wildman–Crippen MR) is 181 cm³/mol. The first kappa shape index (κ1) is 35.1. The van der Waals surface area contributed by atoms with Crippen LogP contribution in [0, 0.1) is 23.0 Å². The van der Waals surface area contributed by atoms with E-state index in [1.165, 1.54) is 0 Å². The maximum absolute atomic E-state index is 17.2. The number of anilines is 2. The number of nitriles is 1. The number of ether oxygens (including phenoxy) is 1. The first-order valence-corrected chi connectivity index (χ1v) is 17.6. The van der Waals surface area contributed by atoms with Crippen molar-refractivity contribution in [2.45, 2.75) is 76.4 Å². The lowest BCUT2D eigenvalue weighted by Gasteiger charge is -2.32. The highest BCUT2D eigenvalue weighted by molar-refractivity contribution is 7.23. The number of fused-ring (bicyclic) bond motifs is 3. The molecule has 0 aliphatic carbocycles. The van der Waals surface area contributed by atoms with Gasteiger partial charge >= 0.3 is 12.2 Å². The summed E-state index contributed by atoms with van der Waals surface area (Å²) in [4.78, 5) is 27.2. The lowest BCUT2D eigenvalue weighted by atomic mass is 9.92. The number of rotatable bonds is 8. The second kappa shape index (κ2) is 12.7. The molecule has 4 aromatic rings. The Hall–Kier alpha value is -4.36. The molecule has 0 spiro atoms. The van der Waals surface area contributed by atoms with E-state index in [1.54, 1.807) is 16.7 Å². The van der Waals surface area contributed by atoms with E-state index < -0.39 is 52.2 Å². The van der Waals surface area contributed by atoms with Gasteiger partial charge in [0.2, 0.25) is 5.91 Å². The van der Waals surface area contributed by atoms with Gasteiger partial charge in [0.05, 0.1) is 27.4 Å². The van der Waals surface area contributed by atoms with Gasteiger partial charge in [0, 0.05) is 54.9 Å². The van der Waals surface area contributed by atoms with Gasteiger partial charge in [-0.3, -0.25) is 9.69 Å². The maximum Gasteiger partial charge on any atom is 0.417 e. The van der Waals surface area contributed by atoms with E-state index >= 15 is 17.6 Å². The molecule has 3 atom stereocenters. The zero-order chi connectivity index (χ0) is 36.6. The number of nitrogen functional groups attached to an aromatic ring is 1. The third kappa shape index (κ3) is 5.78. The van der Waals surface area contributed by atoms with Crippen LogP contribution >= 0.6 is 11.3 Å². The number of carbonyl (C=O) groups is 1. The minimum atomic E-state index is -5.13. The average molecular weight is 732 g/mol. The van der Waals surface area contributed by atoms with Crippen LogP contribution in [0.15, 0.2) is 18.2 Å². The Labute approximate surface area is 293 Å². The van der Waals surface area contributed by atoms with Crippen LogP contribution < -0.4 is 15.4 Å². The van der Waals surface area contributed by atoms with Crippen LogP contribution in [-0.2, 0) is 11.0 Å². The number of likely N-dealkylation sites (N-methyl/N-ethyl adjacent to an activating group) is 1.